The second-order valence-electron chi connectivity index (χ2n) is 7.71. The third kappa shape index (κ3) is 5.77. The largest absolute Gasteiger partial charge is 0.354 e. The number of aryl methyl sites for hydroxylation is 1. The minimum atomic E-state index is 0.0142. The zero-order valence-electron chi connectivity index (χ0n) is 17.4. The molecule has 1 aliphatic rings. The Morgan fingerprint density at radius 3 is 2.61 bits per heavy atom. The Bertz CT molecular complexity index is 1040. The average molecular weight is 453 g/mol. The Balaban J connectivity index is 1.34. The molecule has 7 heteroatoms. The van der Waals surface area contributed by atoms with E-state index in [-0.39, 0.29) is 11.8 Å². The van der Waals surface area contributed by atoms with Crippen LogP contribution in [0.1, 0.15) is 24.0 Å². The predicted molar refractivity (Wildman–Crippen MR) is 126 cm³/mol. The van der Waals surface area contributed by atoms with Gasteiger partial charge in [0.2, 0.25) is 5.91 Å². The number of anilines is 1. The van der Waals surface area contributed by atoms with Crippen molar-refractivity contribution in [2.24, 2.45) is 5.92 Å². The lowest BCUT2D eigenvalue weighted by Gasteiger charge is -2.32. The molecule has 2 heterocycles. The SMILES string of the molecule is Cc1ccc(Sc2nccnc2N2CCC(C(=O)NCc3cccc(Cl)c3)CC2)cc1. The fourth-order valence-corrected chi connectivity index (χ4v) is 4.75. The molecule has 1 aromatic heterocycles. The van der Waals surface area contributed by atoms with Gasteiger partial charge in [-0.1, -0.05) is 53.2 Å². The van der Waals surface area contributed by atoms with Crippen LogP contribution in [0.2, 0.25) is 5.02 Å². The van der Waals surface area contributed by atoms with E-state index in [1.807, 2.05) is 24.3 Å². The summed E-state index contributed by atoms with van der Waals surface area (Å²) in [7, 11) is 0. The van der Waals surface area contributed by atoms with Gasteiger partial charge in [-0.3, -0.25) is 4.79 Å². The molecule has 2 aromatic carbocycles. The lowest BCUT2D eigenvalue weighted by molar-refractivity contribution is -0.125. The van der Waals surface area contributed by atoms with Crippen LogP contribution in [-0.2, 0) is 11.3 Å². The highest BCUT2D eigenvalue weighted by molar-refractivity contribution is 7.99. The highest BCUT2D eigenvalue weighted by atomic mass is 35.5. The summed E-state index contributed by atoms with van der Waals surface area (Å²) in [5.41, 5.74) is 2.25. The highest BCUT2D eigenvalue weighted by Crippen LogP contribution is 2.34. The monoisotopic (exact) mass is 452 g/mol. The maximum absolute atomic E-state index is 12.6. The average Bonchev–Trinajstić information content (AvgIpc) is 2.80. The van der Waals surface area contributed by atoms with E-state index >= 15 is 0 Å². The van der Waals surface area contributed by atoms with Crippen molar-refractivity contribution in [1.82, 2.24) is 15.3 Å². The molecule has 1 aliphatic heterocycles. The number of hydrogen-bond acceptors (Lipinski definition) is 5. The van der Waals surface area contributed by atoms with Gasteiger partial charge in [0.15, 0.2) is 5.82 Å². The second kappa shape index (κ2) is 10.2. The summed E-state index contributed by atoms with van der Waals surface area (Å²) in [6.45, 7) is 4.16. The van der Waals surface area contributed by atoms with Crippen LogP contribution in [0.15, 0.2) is 70.8 Å². The smallest absolute Gasteiger partial charge is 0.223 e. The molecule has 1 saturated heterocycles. The second-order valence-corrected chi connectivity index (χ2v) is 9.21. The Morgan fingerprint density at radius 1 is 1.13 bits per heavy atom. The summed E-state index contributed by atoms with van der Waals surface area (Å²) in [4.78, 5) is 25.2. The maximum atomic E-state index is 12.6. The van der Waals surface area contributed by atoms with Gasteiger partial charge >= 0.3 is 0 Å². The highest BCUT2D eigenvalue weighted by Gasteiger charge is 2.27. The summed E-state index contributed by atoms with van der Waals surface area (Å²) in [5.74, 6) is 1.01. The Morgan fingerprint density at radius 2 is 1.87 bits per heavy atom. The van der Waals surface area contributed by atoms with Gasteiger partial charge in [0.25, 0.3) is 0 Å². The molecule has 0 radical (unpaired) electrons. The van der Waals surface area contributed by atoms with E-state index in [1.165, 1.54) is 5.56 Å². The number of carbonyl (C=O) groups excluding carboxylic acids is 1. The number of rotatable bonds is 6. The number of piperidine rings is 1. The van der Waals surface area contributed by atoms with Crippen molar-refractivity contribution in [2.75, 3.05) is 18.0 Å². The number of aromatic nitrogens is 2. The first-order chi connectivity index (χ1) is 15.1. The van der Waals surface area contributed by atoms with E-state index < -0.39 is 0 Å². The molecule has 4 rings (SSSR count). The van der Waals surface area contributed by atoms with E-state index in [0.717, 1.165) is 47.2 Å². The molecule has 0 aliphatic carbocycles. The number of hydrogen-bond donors (Lipinski definition) is 1. The molecule has 0 spiro atoms. The van der Waals surface area contributed by atoms with E-state index in [0.29, 0.717) is 11.6 Å². The summed E-state index contributed by atoms with van der Waals surface area (Å²) >= 11 is 7.65. The number of nitrogens with one attached hydrogen (secondary N) is 1. The van der Waals surface area contributed by atoms with E-state index in [4.69, 9.17) is 11.6 Å². The molecule has 3 aromatic rings. The molecule has 0 unspecified atom stereocenters. The Labute approximate surface area is 192 Å². The Kier molecular flexibility index (Phi) is 7.10. The zero-order valence-corrected chi connectivity index (χ0v) is 19.0. The third-order valence-corrected chi connectivity index (χ3v) is 6.63. The van der Waals surface area contributed by atoms with Crippen molar-refractivity contribution < 1.29 is 4.79 Å². The quantitative estimate of drug-likeness (QED) is 0.562. The summed E-state index contributed by atoms with van der Waals surface area (Å²) in [6, 6.07) is 16.0. The van der Waals surface area contributed by atoms with Crippen LogP contribution in [0.25, 0.3) is 0 Å². The van der Waals surface area contributed by atoms with Gasteiger partial charge in [0, 0.05) is 47.9 Å². The van der Waals surface area contributed by atoms with Crippen LogP contribution in [0.4, 0.5) is 5.82 Å². The molecule has 1 amide bonds. The molecule has 1 fully saturated rings. The molecule has 0 bridgehead atoms. The third-order valence-electron chi connectivity index (χ3n) is 5.40. The molecule has 1 N–H and O–H groups in total. The van der Waals surface area contributed by atoms with Crippen LogP contribution >= 0.6 is 23.4 Å². The zero-order chi connectivity index (χ0) is 21.6. The predicted octanol–water partition coefficient (Wildman–Crippen LogP) is 5.12. The summed E-state index contributed by atoms with van der Waals surface area (Å²) in [5, 5.41) is 4.63. The van der Waals surface area contributed by atoms with Crippen molar-refractivity contribution >= 4 is 35.1 Å². The number of halogens is 1. The number of carbonyl (C=O) groups is 1. The van der Waals surface area contributed by atoms with Gasteiger partial charge in [-0.25, -0.2) is 9.97 Å². The summed E-state index contributed by atoms with van der Waals surface area (Å²) < 4.78 is 0. The minimum Gasteiger partial charge on any atom is -0.354 e. The standard InChI is InChI=1S/C24H25ClN4OS/c1-17-5-7-21(8-6-17)31-24-22(26-11-12-27-24)29-13-9-19(10-14-29)23(30)28-16-18-3-2-4-20(25)15-18/h2-8,11-12,15,19H,9-10,13-14,16H2,1H3,(H,28,30). The fraction of sp³-hybridized carbons (Fsp3) is 0.292. The van der Waals surface area contributed by atoms with Crippen molar-refractivity contribution in [3.8, 4) is 0 Å². The maximum Gasteiger partial charge on any atom is 0.223 e. The van der Waals surface area contributed by atoms with Crippen molar-refractivity contribution in [3.05, 3.63) is 77.1 Å². The Hall–Kier alpha value is -2.57. The first-order valence-corrected chi connectivity index (χ1v) is 11.6. The number of benzene rings is 2. The van der Waals surface area contributed by atoms with Gasteiger partial charge in [-0.05, 0) is 49.6 Å². The number of amides is 1. The van der Waals surface area contributed by atoms with Gasteiger partial charge in [-0.15, -0.1) is 0 Å². The molecular weight excluding hydrogens is 428 g/mol. The van der Waals surface area contributed by atoms with Gasteiger partial charge in [0.1, 0.15) is 5.03 Å². The van der Waals surface area contributed by atoms with Crippen molar-refractivity contribution in [3.63, 3.8) is 0 Å². The van der Waals surface area contributed by atoms with Gasteiger partial charge in [0.05, 0.1) is 0 Å². The minimum absolute atomic E-state index is 0.0142. The normalized spacial score (nSPS) is 14.5. The molecule has 5 nitrogen and oxygen atoms in total. The van der Waals surface area contributed by atoms with Crippen LogP contribution in [-0.4, -0.2) is 29.0 Å². The van der Waals surface area contributed by atoms with Crippen molar-refractivity contribution in [1.29, 1.82) is 0 Å². The molecule has 0 saturated carbocycles. The van der Waals surface area contributed by atoms with Crippen LogP contribution in [0, 0.1) is 12.8 Å². The lowest BCUT2D eigenvalue weighted by atomic mass is 9.96. The van der Waals surface area contributed by atoms with E-state index in [2.05, 4.69) is 51.4 Å². The van der Waals surface area contributed by atoms with Gasteiger partial charge < -0.3 is 10.2 Å². The summed E-state index contributed by atoms with van der Waals surface area (Å²) in [6.07, 6.45) is 5.06. The van der Waals surface area contributed by atoms with E-state index in [1.54, 1.807) is 24.2 Å². The lowest BCUT2D eigenvalue weighted by Crippen LogP contribution is -2.41. The van der Waals surface area contributed by atoms with Crippen molar-refractivity contribution in [2.45, 2.75) is 36.2 Å². The molecule has 0 atom stereocenters. The van der Waals surface area contributed by atoms with Crippen LogP contribution in [0.5, 0.6) is 0 Å². The number of nitrogens with zero attached hydrogens (tertiary/aromatic N) is 3. The molecular formula is C24H25ClN4OS. The van der Waals surface area contributed by atoms with Crippen LogP contribution in [0.3, 0.4) is 0 Å². The molecule has 160 valence electrons. The fourth-order valence-electron chi connectivity index (χ4n) is 3.66. The first-order valence-electron chi connectivity index (χ1n) is 10.4. The van der Waals surface area contributed by atoms with Crippen LogP contribution < -0.4 is 10.2 Å². The molecule has 31 heavy (non-hydrogen) atoms. The van der Waals surface area contributed by atoms with E-state index in [9.17, 15) is 4.79 Å². The topological polar surface area (TPSA) is 58.1 Å². The van der Waals surface area contributed by atoms with Gasteiger partial charge in [-0.2, -0.15) is 0 Å². The first kappa shape index (κ1) is 21.7.